The number of halogens is 2. The quantitative estimate of drug-likeness (QED) is 0.435. The number of benzene rings is 3. The summed E-state index contributed by atoms with van der Waals surface area (Å²) in [7, 11) is -4.03. The largest absolute Gasteiger partial charge is 0.324 e. The van der Waals surface area contributed by atoms with Crippen molar-refractivity contribution in [2.75, 3.05) is 15.9 Å². The first kappa shape index (κ1) is 27.0. The maximum atomic E-state index is 13.8. The Labute approximate surface area is 210 Å². The minimum atomic E-state index is -4.03. The van der Waals surface area contributed by atoms with E-state index in [1.165, 1.54) is 13.0 Å². The van der Waals surface area contributed by atoms with Crippen molar-refractivity contribution in [2.24, 2.45) is 0 Å². The lowest BCUT2D eigenvalue weighted by atomic mass is 9.86. The lowest BCUT2D eigenvalue weighted by Crippen LogP contribution is -2.45. The number of rotatable bonds is 7. The highest BCUT2D eigenvalue weighted by atomic mass is 32.2. The highest BCUT2D eigenvalue weighted by Crippen LogP contribution is 2.25. The van der Waals surface area contributed by atoms with Gasteiger partial charge in [-0.25, -0.2) is 17.2 Å². The number of carbonyl (C=O) groups excluding carboxylic acids is 2. The Morgan fingerprint density at radius 1 is 0.889 bits per heavy atom. The summed E-state index contributed by atoms with van der Waals surface area (Å²) in [6.07, 6.45) is 0.863. The summed E-state index contributed by atoms with van der Waals surface area (Å²) in [5.74, 6) is -3.34. The van der Waals surface area contributed by atoms with Crippen molar-refractivity contribution < 1.29 is 26.8 Å². The zero-order valence-electron chi connectivity index (χ0n) is 20.7. The normalized spacial score (nSPS) is 12.6. The Morgan fingerprint density at radius 3 is 2.08 bits per heavy atom. The van der Waals surface area contributed by atoms with Gasteiger partial charge in [0.1, 0.15) is 6.04 Å². The van der Waals surface area contributed by atoms with Gasteiger partial charge in [0.05, 0.1) is 11.9 Å². The number of nitrogens with one attached hydrogen (secondary N) is 1. The van der Waals surface area contributed by atoms with E-state index in [0.29, 0.717) is 21.5 Å². The molecule has 1 atom stereocenters. The van der Waals surface area contributed by atoms with Crippen molar-refractivity contribution in [1.29, 1.82) is 0 Å². The monoisotopic (exact) mass is 514 g/mol. The van der Waals surface area contributed by atoms with Crippen LogP contribution in [0, 0.1) is 11.6 Å². The van der Waals surface area contributed by atoms with Crippen LogP contribution in [0.15, 0.2) is 66.7 Å². The zero-order valence-corrected chi connectivity index (χ0v) is 21.5. The molecular formula is C27H28F2N2O4S. The van der Waals surface area contributed by atoms with Gasteiger partial charge in [0, 0.05) is 22.9 Å². The maximum absolute atomic E-state index is 13.8. The van der Waals surface area contributed by atoms with Gasteiger partial charge in [-0.15, -0.1) is 0 Å². The third-order valence-electron chi connectivity index (χ3n) is 5.65. The van der Waals surface area contributed by atoms with Gasteiger partial charge in [-0.3, -0.25) is 13.9 Å². The number of hydrogen-bond acceptors (Lipinski definition) is 4. The highest BCUT2D eigenvalue weighted by molar-refractivity contribution is 7.92. The molecule has 0 aromatic heterocycles. The SMILES string of the molecule is C[C@H](C(=O)Nc1cccc(C(=O)c2ccc(C(C)(C)C)cc2)c1)N(c1ccc(F)c(F)c1)S(C)(=O)=O. The fourth-order valence-corrected chi connectivity index (χ4v) is 4.87. The Kier molecular flexibility index (Phi) is 7.64. The van der Waals surface area contributed by atoms with Gasteiger partial charge in [0.25, 0.3) is 0 Å². The number of amides is 1. The van der Waals surface area contributed by atoms with Crippen LogP contribution in [0.4, 0.5) is 20.2 Å². The molecule has 0 spiro atoms. The molecule has 6 nitrogen and oxygen atoms in total. The first-order valence-electron chi connectivity index (χ1n) is 11.2. The Balaban J connectivity index is 1.83. The molecule has 0 saturated carbocycles. The minimum absolute atomic E-state index is 0.0536. The van der Waals surface area contributed by atoms with Crippen LogP contribution in [0.5, 0.6) is 0 Å². The average molecular weight is 515 g/mol. The van der Waals surface area contributed by atoms with E-state index in [9.17, 15) is 26.8 Å². The van der Waals surface area contributed by atoms with Crippen LogP contribution < -0.4 is 9.62 Å². The van der Waals surface area contributed by atoms with Crippen LogP contribution >= 0.6 is 0 Å². The number of anilines is 2. The molecule has 3 aromatic rings. The number of sulfonamides is 1. The van der Waals surface area contributed by atoms with Gasteiger partial charge in [-0.2, -0.15) is 0 Å². The molecule has 0 saturated heterocycles. The minimum Gasteiger partial charge on any atom is -0.324 e. The summed E-state index contributed by atoms with van der Waals surface area (Å²) >= 11 is 0. The molecule has 9 heteroatoms. The molecule has 0 bridgehead atoms. The molecule has 0 aliphatic carbocycles. The molecule has 0 aliphatic heterocycles. The first-order chi connectivity index (χ1) is 16.7. The van der Waals surface area contributed by atoms with Crippen LogP contribution in [-0.2, 0) is 20.2 Å². The summed E-state index contributed by atoms with van der Waals surface area (Å²) in [5, 5.41) is 2.60. The Bertz CT molecular complexity index is 1400. The van der Waals surface area contributed by atoms with Crippen molar-refractivity contribution in [3.8, 4) is 0 Å². The molecule has 0 heterocycles. The third kappa shape index (κ3) is 6.15. The molecule has 0 fully saturated rings. The molecule has 1 amide bonds. The topological polar surface area (TPSA) is 83.6 Å². The number of hydrogen-bond donors (Lipinski definition) is 1. The average Bonchev–Trinajstić information content (AvgIpc) is 2.79. The van der Waals surface area contributed by atoms with E-state index in [-0.39, 0.29) is 22.6 Å². The van der Waals surface area contributed by atoms with E-state index < -0.39 is 33.6 Å². The molecule has 3 rings (SSSR count). The molecule has 190 valence electrons. The fraction of sp³-hybridized carbons (Fsp3) is 0.259. The lowest BCUT2D eigenvalue weighted by molar-refractivity contribution is -0.116. The summed E-state index contributed by atoms with van der Waals surface area (Å²) in [6, 6.07) is 14.9. The van der Waals surface area contributed by atoms with Gasteiger partial charge in [-0.05, 0) is 42.2 Å². The van der Waals surface area contributed by atoms with Crippen LogP contribution in [0.2, 0.25) is 0 Å². The molecular weight excluding hydrogens is 486 g/mol. The number of nitrogens with zero attached hydrogens (tertiary/aromatic N) is 1. The summed E-state index contributed by atoms with van der Waals surface area (Å²) < 4.78 is 52.6. The second-order valence-electron chi connectivity index (χ2n) is 9.56. The molecule has 3 aromatic carbocycles. The second-order valence-corrected chi connectivity index (χ2v) is 11.4. The third-order valence-corrected chi connectivity index (χ3v) is 6.89. The summed E-state index contributed by atoms with van der Waals surface area (Å²) in [4.78, 5) is 25.9. The van der Waals surface area contributed by atoms with E-state index in [1.54, 1.807) is 30.3 Å². The van der Waals surface area contributed by atoms with Crippen molar-refractivity contribution in [1.82, 2.24) is 0 Å². The predicted molar refractivity (Wildman–Crippen MR) is 137 cm³/mol. The van der Waals surface area contributed by atoms with Crippen molar-refractivity contribution in [3.63, 3.8) is 0 Å². The van der Waals surface area contributed by atoms with Crippen molar-refractivity contribution in [2.45, 2.75) is 39.2 Å². The summed E-state index contributed by atoms with van der Waals surface area (Å²) in [5.41, 5.74) is 1.95. The van der Waals surface area contributed by atoms with Gasteiger partial charge >= 0.3 is 0 Å². The van der Waals surface area contributed by atoms with Crippen molar-refractivity contribution in [3.05, 3.63) is 95.1 Å². The van der Waals surface area contributed by atoms with E-state index in [4.69, 9.17) is 0 Å². The highest BCUT2D eigenvalue weighted by Gasteiger charge is 2.30. The first-order valence-corrected chi connectivity index (χ1v) is 13.0. The van der Waals surface area contributed by atoms with Crippen LogP contribution in [0.1, 0.15) is 49.2 Å². The predicted octanol–water partition coefficient (Wildman–Crippen LogP) is 5.29. The van der Waals surface area contributed by atoms with Crippen LogP contribution in [-0.4, -0.2) is 32.4 Å². The van der Waals surface area contributed by atoms with E-state index in [0.717, 1.165) is 24.0 Å². The smallest absolute Gasteiger partial charge is 0.247 e. The molecule has 1 N–H and O–H groups in total. The molecule has 36 heavy (non-hydrogen) atoms. The maximum Gasteiger partial charge on any atom is 0.247 e. The second kappa shape index (κ2) is 10.2. The molecule has 0 unspecified atom stereocenters. The number of ketones is 1. The van der Waals surface area contributed by atoms with Gasteiger partial charge in [0.2, 0.25) is 15.9 Å². The lowest BCUT2D eigenvalue weighted by Gasteiger charge is -2.28. The standard InChI is InChI=1S/C27H28F2N2O4S/c1-17(31(36(5,34)35)22-13-14-23(28)24(29)16-22)26(33)30-21-8-6-7-19(15-21)25(32)18-9-11-20(12-10-18)27(2,3)4/h6-17H,1-5H3,(H,30,33)/t17-/m1/s1. The van der Waals surface area contributed by atoms with E-state index >= 15 is 0 Å². The molecule has 0 radical (unpaired) electrons. The van der Waals surface area contributed by atoms with E-state index in [2.05, 4.69) is 26.1 Å². The number of carbonyl (C=O) groups is 2. The fourth-order valence-electron chi connectivity index (χ4n) is 3.70. The molecule has 0 aliphatic rings. The van der Waals surface area contributed by atoms with Crippen LogP contribution in [0.3, 0.4) is 0 Å². The zero-order chi connectivity index (χ0) is 26.8. The van der Waals surface area contributed by atoms with Gasteiger partial charge in [-0.1, -0.05) is 57.2 Å². The Morgan fingerprint density at radius 2 is 1.53 bits per heavy atom. The van der Waals surface area contributed by atoms with Gasteiger partial charge < -0.3 is 5.32 Å². The van der Waals surface area contributed by atoms with Gasteiger partial charge in [0.15, 0.2) is 17.4 Å². The summed E-state index contributed by atoms with van der Waals surface area (Å²) in [6.45, 7) is 7.56. The van der Waals surface area contributed by atoms with Crippen LogP contribution in [0.25, 0.3) is 0 Å². The van der Waals surface area contributed by atoms with Crippen molar-refractivity contribution >= 4 is 33.1 Å². The van der Waals surface area contributed by atoms with E-state index in [1.807, 2.05) is 12.1 Å². The Hall–Kier alpha value is -3.59.